The highest BCUT2D eigenvalue weighted by atomic mass is 16.5. The number of benzene rings is 1. The van der Waals surface area contributed by atoms with Crippen molar-refractivity contribution in [1.82, 2.24) is 4.90 Å². The summed E-state index contributed by atoms with van der Waals surface area (Å²) in [6.45, 7) is 4.87. The van der Waals surface area contributed by atoms with Gasteiger partial charge in [0.05, 0.1) is 19.8 Å². The molecule has 122 valence electrons. The molecule has 1 aromatic rings. The van der Waals surface area contributed by atoms with Crippen LogP contribution in [0.4, 0.5) is 0 Å². The minimum absolute atomic E-state index is 0.178. The van der Waals surface area contributed by atoms with Crippen LogP contribution in [0.15, 0.2) is 24.3 Å². The third kappa shape index (κ3) is 3.29. The van der Waals surface area contributed by atoms with Gasteiger partial charge in [0, 0.05) is 38.8 Å². The van der Waals surface area contributed by atoms with Crippen LogP contribution in [0.2, 0.25) is 0 Å². The van der Waals surface area contributed by atoms with E-state index < -0.39 is 0 Å². The Morgan fingerprint density at radius 1 is 1.27 bits per heavy atom. The fraction of sp³-hybridized carbons (Fsp3) is 0.667. The molecule has 0 bridgehead atoms. The first-order valence-electron chi connectivity index (χ1n) is 8.21. The molecular formula is C18H27NO3. The van der Waals surface area contributed by atoms with E-state index in [4.69, 9.17) is 14.2 Å². The quantitative estimate of drug-likeness (QED) is 0.837. The lowest BCUT2D eigenvalue weighted by Gasteiger charge is -2.50. The van der Waals surface area contributed by atoms with E-state index in [1.54, 1.807) is 7.11 Å². The maximum Gasteiger partial charge on any atom is 0.118 e. The van der Waals surface area contributed by atoms with Gasteiger partial charge in [-0.2, -0.15) is 0 Å². The largest absolute Gasteiger partial charge is 0.497 e. The first-order chi connectivity index (χ1) is 10.8. The van der Waals surface area contributed by atoms with Crippen molar-refractivity contribution in [2.75, 3.05) is 40.5 Å². The Morgan fingerprint density at radius 3 is 2.82 bits per heavy atom. The number of likely N-dealkylation sites (tertiary alicyclic amines) is 1. The van der Waals surface area contributed by atoms with Crippen LogP contribution in [0.1, 0.15) is 24.8 Å². The topological polar surface area (TPSA) is 30.9 Å². The fourth-order valence-corrected chi connectivity index (χ4v) is 4.00. The Labute approximate surface area is 133 Å². The molecule has 0 N–H and O–H groups in total. The van der Waals surface area contributed by atoms with Gasteiger partial charge in [-0.25, -0.2) is 0 Å². The van der Waals surface area contributed by atoms with E-state index in [9.17, 15) is 0 Å². The van der Waals surface area contributed by atoms with Gasteiger partial charge in [-0.05, 0) is 37.0 Å². The zero-order chi connectivity index (χ0) is 15.4. The molecule has 0 aliphatic carbocycles. The molecule has 0 spiro atoms. The highest BCUT2D eigenvalue weighted by molar-refractivity contribution is 5.27. The molecule has 2 aliphatic heterocycles. The maximum absolute atomic E-state index is 6.04. The van der Waals surface area contributed by atoms with Crippen molar-refractivity contribution in [1.29, 1.82) is 0 Å². The third-order valence-corrected chi connectivity index (χ3v) is 5.06. The van der Waals surface area contributed by atoms with Crippen LogP contribution in [-0.2, 0) is 16.0 Å². The van der Waals surface area contributed by atoms with E-state index in [0.717, 1.165) is 51.4 Å². The molecule has 2 aliphatic rings. The summed E-state index contributed by atoms with van der Waals surface area (Å²) in [5.41, 5.74) is 1.51. The molecule has 4 nitrogen and oxygen atoms in total. The average molecular weight is 305 g/mol. The lowest BCUT2D eigenvalue weighted by atomic mass is 9.73. The van der Waals surface area contributed by atoms with Gasteiger partial charge in [-0.15, -0.1) is 0 Å². The Morgan fingerprint density at radius 2 is 2.09 bits per heavy atom. The SMILES string of the molecule is COCC12CCCOC1CCN(Cc1ccc(OC)cc1)C2. The molecule has 0 saturated carbocycles. The number of fused-ring (bicyclic) bond motifs is 1. The van der Waals surface area contributed by atoms with Crippen molar-refractivity contribution in [2.45, 2.75) is 31.9 Å². The predicted molar refractivity (Wildman–Crippen MR) is 86.2 cm³/mol. The van der Waals surface area contributed by atoms with Gasteiger partial charge in [-0.1, -0.05) is 12.1 Å². The fourth-order valence-electron chi connectivity index (χ4n) is 4.00. The number of rotatable bonds is 5. The molecule has 0 aromatic heterocycles. The van der Waals surface area contributed by atoms with Gasteiger partial charge in [0.25, 0.3) is 0 Å². The molecule has 22 heavy (non-hydrogen) atoms. The van der Waals surface area contributed by atoms with E-state index in [0.29, 0.717) is 6.10 Å². The van der Waals surface area contributed by atoms with Gasteiger partial charge >= 0.3 is 0 Å². The van der Waals surface area contributed by atoms with Crippen LogP contribution < -0.4 is 4.74 Å². The number of hydrogen-bond acceptors (Lipinski definition) is 4. The predicted octanol–water partition coefficient (Wildman–Crippen LogP) is 2.71. The van der Waals surface area contributed by atoms with Crippen LogP contribution in [0, 0.1) is 5.41 Å². The Bertz CT molecular complexity index is 472. The van der Waals surface area contributed by atoms with Crippen molar-refractivity contribution in [3.63, 3.8) is 0 Å². The van der Waals surface area contributed by atoms with Crippen molar-refractivity contribution in [2.24, 2.45) is 5.41 Å². The highest BCUT2D eigenvalue weighted by Crippen LogP contribution is 2.40. The van der Waals surface area contributed by atoms with E-state index in [-0.39, 0.29) is 5.41 Å². The third-order valence-electron chi connectivity index (χ3n) is 5.06. The van der Waals surface area contributed by atoms with E-state index >= 15 is 0 Å². The second-order valence-corrected chi connectivity index (χ2v) is 6.61. The molecule has 2 heterocycles. The summed E-state index contributed by atoms with van der Waals surface area (Å²) >= 11 is 0. The van der Waals surface area contributed by atoms with Crippen LogP contribution in [0.3, 0.4) is 0 Å². The molecule has 3 rings (SSSR count). The van der Waals surface area contributed by atoms with Gasteiger partial charge in [0.2, 0.25) is 0 Å². The molecule has 1 aromatic carbocycles. The molecule has 2 fully saturated rings. The lowest BCUT2D eigenvalue weighted by Crippen LogP contribution is -2.56. The number of hydrogen-bond donors (Lipinski definition) is 0. The first kappa shape index (κ1) is 15.8. The van der Waals surface area contributed by atoms with E-state index in [1.165, 1.54) is 12.0 Å². The van der Waals surface area contributed by atoms with Crippen LogP contribution in [0.25, 0.3) is 0 Å². The number of ether oxygens (including phenoxy) is 3. The van der Waals surface area contributed by atoms with E-state index in [2.05, 4.69) is 17.0 Å². The number of piperidine rings is 1. The molecule has 0 amide bonds. The number of methoxy groups -OCH3 is 2. The lowest BCUT2D eigenvalue weighted by molar-refractivity contribution is -0.149. The van der Waals surface area contributed by atoms with Crippen molar-refractivity contribution < 1.29 is 14.2 Å². The molecule has 2 unspecified atom stereocenters. The van der Waals surface area contributed by atoms with Gasteiger partial charge in [0.15, 0.2) is 0 Å². The molecular weight excluding hydrogens is 278 g/mol. The van der Waals surface area contributed by atoms with Crippen molar-refractivity contribution in [3.8, 4) is 5.75 Å². The molecule has 4 heteroatoms. The van der Waals surface area contributed by atoms with Gasteiger partial charge < -0.3 is 14.2 Å². The Hall–Kier alpha value is -1.10. The minimum atomic E-state index is 0.178. The summed E-state index contributed by atoms with van der Waals surface area (Å²) in [5, 5.41) is 0. The summed E-state index contributed by atoms with van der Waals surface area (Å²) < 4.78 is 16.8. The summed E-state index contributed by atoms with van der Waals surface area (Å²) in [7, 11) is 3.51. The Kier molecular flexibility index (Phi) is 5.01. The van der Waals surface area contributed by atoms with Gasteiger partial charge in [-0.3, -0.25) is 4.90 Å². The van der Waals surface area contributed by atoms with Crippen molar-refractivity contribution >= 4 is 0 Å². The first-order valence-corrected chi connectivity index (χ1v) is 8.21. The van der Waals surface area contributed by atoms with Crippen LogP contribution in [-0.4, -0.2) is 51.5 Å². The van der Waals surface area contributed by atoms with Crippen LogP contribution >= 0.6 is 0 Å². The summed E-state index contributed by atoms with van der Waals surface area (Å²) in [6.07, 6.45) is 3.84. The summed E-state index contributed by atoms with van der Waals surface area (Å²) in [4.78, 5) is 2.55. The van der Waals surface area contributed by atoms with Crippen molar-refractivity contribution in [3.05, 3.63) is 29.8 Å². The molecule has 2 saturated heterocycles. The van der Waals surface area contributed by atoms with E-state index in [1.807, 2.05) is 19.2 Å². The zero-order valence-corrected chi connectivity index (χ0v) is 13.7. The maximum atomic E-state index is 6.04. The zero-order valence-electron chi connectivity index (χ0n) is 13.7. The second-order valence-electron chi connectivity index (χ2n) is 6.61. The normalized spacial score (nSPS) is 29.1. The summed E-state index contributed by atoms with van der Waals surface area (Å²) in [6, 6.07) is 8.39. The monoisotopic (exact) mass is 305 g/mol. The summed E-state index contributed by atoms with van der Waals surface area (Å²) in [5.74, 6) is 0.916. The number of nitrogens with zero attached hydrogens (tertiary/aromatic N) is 1. The Balaban J connectivity index is 1.67. The molecule has 0 radical (unpaired) electrons. The smallest absolute Gasteiger partial charge is 0.118 e. The standard InChI is InChI=1S/C18H27NO3/c1-20-14-18-9-3-11-22-17(18)8-10-19(13-18)12-15-4-6-16(21-2)7-5-15/h4-7,17H,3,8-14H2,1-2H3. The van der Waals surface area contributed by atoms with Gasteiger partial charge in [0.1, 0.15) is 5.75 Å². The average Bonchev–Trinajstić information content (AvgIpc) is 2.55. The minimum Gasteiger partial charge on any atom is -0.497 e. The van der Waals surface area contributed by atoms with Crippen LogP contribution in [0.5, 0.6) is 5.75 Å². The second kappa shape index (κ2) is 6.99. The molecule has 2 atom stereocenters. The highest BCUT2D eigenvalue weighted by Gasteiger charge is 2.45.